The summed E-state index contributed by atoms with van der Waals surface area (Å²) >= 11 is 0. The standard InChI is InChI=1S/C17H20FNO2/c1-4-17(19,13-7-5-6-8-14(13)18)12-9-10-15(20-2)16(11-12)21-3/h5-11H,4,19H2,1-3H3. The predicted octanol–water partition coefficient (Wildman–Crippen LogP) is 3.46. The molecule has 0 aliphatic carbocycles. The van der Waals surface area contributed by atoms with Crippen molar-refractivity contribution in [3.63, 3.8) is 0 Å². The van der Waals surface area contributed by atoms with Crippen LogP contribution in [0.2, 0.25) is 0 Å². The Labute approximate surface area is 124 Å². The fourth-order valence-electron chi connectivity index (χ4n) is 2.49. The van der Waals surface area contributed by atoms with Gasteiger partial charge in [0.25, 0.3) is 0 Å². The van der Waals surface area contributed by atoms with Crippen LogP contribution in [0.15, 0.2) is 42.5 Å². The molecular formula is C17H20FNO2. The van der Waals surface area contributed by atoms with Crippen molar-refractivity contribution in [3.05, 3.63) is 59.4 Å². The van der Waals surface area contributed by atoms with Crippen LogP contribution in [0.25, 0.3) is 0 Å². The zero-order valence-corrected chi connectivity index (χ0v) is 12.5. The van der Waals surface area contributed by atoms with E-state index >= 15 is 0 Å². The summed E-state index contributed by atoms with van der Waals surface area (Å²) in [5.41, 5.74) is 6.86. The van der Waals surface area contributed by atoms with Crippen LogP contribution in [-0.4, -0.2) is 14.2 Å². The summed E-state index contributed by atoms with van der Waals surface area (Å²) in [6.07, 6.45) is 0.559. The third-order valence-corrected chi connectivity index (χ3v) is 3.81. The highest BCUT2D eigenvalue weighted by Crippen LogP contribution is 2.37. The number of hydrogen-bond acceptors (Lipinski definition) is 3. The third kappa shape index (κ3) is 2.72. The van der Waals surface area contributed by atoms with E-state index in [1.54, 1.807) is 44.6 Å². The minimum Gasteiger partial charge on any atom is -0.493 e. The van der Waals surface area contributed by atoms with Crippen LogP contribution in [0.1, 0.15) is 24.5 Å². The lowest BCUT2D eigenvalue weighted by Crippen LogP contribution is -2.38. The summed E-state index contributed by atoms with van der Waals surface area (Å²) < 4.78 is 24.7. The largest absolute Gasteiger partial charge is 0.493 e. The summed E-state index contributed by atoms with van der Waals surface area (Å²) in [6.45, 7) is 1.93. The van der Waals surface area contributed by atoms with Gasteiger partial charge in [0.1, 0.15) is 5.82 Å². The first-order valence-electron chi connectivity index (χ1n) is 6.83. The highest BCUT2D eigenvalue weighted by Gasteiger charge is 2.31. The van der Waals surface area contributed by atoms with Crippen molar-refractivity contribution in [2.24, 2.45) is 5.73 Å². The van der Waals surface area contributed by atoms with Gasteiger partial charge in [-0.05, 0) is 30.2 Å². The lowest BCUT2D eigenvalue weighted by atomic mass is 9.81. The zero-order chi connectivity index (χ0) is 15.5. The first-order chi connectivity index (χ1) is 10.1. The van der Waals surface area contributed by atoms with Crippen molar-refractivity contribution in [2.45, 2.75) is 18.9 Å². The number of ether oxygens (including phenoxy) is 2. The Balaban J connectivity index is 2.58. The average molecular weight is 289 g/mol. The van der Waals surface area contributed by atoms with E-state index in [1.165, 1.54) is 6.07 Å². The molecule has 0 aliphatic heterocycles. The molecule has 2 aromatic carbocycles. The van der Waals surface area contributed by atoms with E-state index in [2.05, 4.69) is 0 Å². The normalized spacial score (nSPS) is 13.6. The second-order valence-corrected chi connectivity index (χ2v) is 4.87. The van der Waals surface area contributed by atoms with E-state index in [9.17, 15) is 4.39 Å². The van der Waals surface area contributed by atoms with Gasteiger partial charge in [0.05, 0.1) is 19.8 Å². The lowest BCUT2D eigenvalue weighted by molar-refractivity contribution is 0.353. The van der Waals surface area contributed by atoms with Gasteiger partial charge < -0.3 is 15.2 Å². The predicted molar refractivity (Wildman–Crippen MR) is 81.2 cm³/mol. The summed E-state index contributed by atoms with van der Waals surface area (Å²) in [5, 5.41) is 0. The maximum atomic E-state index is 14.1. The summed E-state index contributed by atoms with van der Waals surface area (Å²) in [6, 6.07) is 12.0. The van der Waals surface area contributed by atoms with E-state index in [4.69, 9.17) is 15.2 Å². The topological polar surface area (TPSA) is 44.5 Å². The fourth-order valence-corrected chi connectivity index (χ4v) is 2.49. The first kappa shape index (κ1) is 15.3. The molecule has 2 rings (SSSR count). The molecule has 4 heteroatoms. The molecule has 1 atom stereocenters. The number of rotatable bonds is 5. The molecule has 2 aromatic rings. The molecule has 0 fully saturated rings. The number of benzene rings is 2. The molecule has 0 heterocycles. The molecule has 0 saturated heterocycles. The van der Waals surface area contributed by atoms with Gasteiger partial charge in [-0.15, -0.1) is 0 Å². The van der Waals surface area contributed by atoms with E-state index in [0.717, 1.165) is 5.56 Å². The van der Waals surface area contributed by atoms with Gasteiger partial charge in [-0.1, -0.05) is 31.2 Å². The van der Waals surface area contributed by atoms with Crippen molar-refractivity contribution in [1.82, 2.24) is 0 Å². The van der Waals surface area contributed by atoms with E-state index in [-0.39, 0.29) is 5.82 Å². The van der Waals surface area contributed by atoms with Gasteiger partial charge in [0, 0.05) is 5.56 Å². The monoisotopic (exact) mass is 289 g/mol. The highest BCUT2D eigenvalue weighted by molar-refractivity contribution is 5.48. The summed E-state index contributed by atoms with van der Waals surface area (Å²) in [5.74, 6) is 0.888. The van der Waals surface area contributed by atoms with Gasteiger partial charge in [-0.25, -0.2) is 4.39 Å². The Morgan fingerprint density at radius 2 is 1.71 bits per heavy atom. The Hall–Kier alpha value is -2.07. The second-order valence-electron chi connectivity index (χ2n) is 4.87. The fraction of sp³-hybridized carbons (Fsp3) is 0.294. The van der Waals surface area contributed by atoms with Crippen LogP contribution in [0.4, 0.5) is 4.39 Å². The SMILES string of the molecule is CCC(N)(c1ccc(OC)c(OC)c1)c1ccccc1F. The van der Waals surface area contributed by atoms with Gasteiger partial charge in [0.15, 0.2) is 11.5 Å². The highest BCUT2D eigenvalue weighted by atomic mass is 19.1. The minimum absolute atomic E-state index is 0.309. The van der Waals surface area contributed by atoms with Crippen molar-refractivity contribution in [2.75, 3.05) is 14.2 Å². The molecule has 0 aliphatic rings. The van der Waals surface area contributed by atoms with Crippen LogP contribution in [0, 0.1) is 5.82 Å². The Kier molecular flexibility index (Phi) is 4.48. The average Bonchev–Trinajstić information content (AvgIpc) is 2.53. The molecular weight excluding hydrogens is 269 g/mol. The first-order valence-corrected chi connectivity index (χ1v) is 6.83. The van der Waals surface area contributed by atoms with E-state index in [0.29, 0.717) is 23.5 Å². The molecule has 1 unspecified atom stereocenters. The molecule has 2 N–H and O–H groups in total. The molecule has 21 heavy (non-hydrogen) atoms. The number of methoxy groups -OCH3 is 2. The minimum atomic E-state index is -0.912. The van der Waals surface area contributed by atoms with Crippen molar-refractivity contribution < 1.29 is 13.9 Å². The van der Waals surface area contributed by atoms with Crippen LogP contribution >= 0.6 is 0 Å². The summed E-state index contributed by atoms with van der Waals surface area (Å²) in [4.78, 5) is 0. The lowest BCUT2D eigenvalue weighted by Gasteiger charge is -2.30. The molecule has 0 spiro atoms. The van der Waals surface area contributed by atoms with Crippen molar-refractivity contribution in [1.29, 1.82) is 0 Å². The van der Waals surface area contributed by atoms with Crippen LogP contribution < -0.4 is 15.2 Å². The van der Waals surface area contributed by atoms with Crippen molar-refractivity contribution in [3.8, 4) is 11.5 Å². The number of halogens is 1. The molecule has 0 radical (unpaired) electrons. The molecule has 112 valence electrons. The maximum Gasteiger partial charge on any atom is 0.161 e. The molecule has 3 nitrogen and oxygen atoms in total. The van der Waals surface area contributed by atoms with Crippen LogP contribution in [-0.2, 0) is 5.54 Å². The molecule has 0 saturated carbocycles. The molecule has 0 amide bonds. The van der Waals surface area contributed by atoms with E-state index < -0.39 is 5.54 Å². The van der Waals surface area contributed by atoms with Gasteiger partial charge >= 0.3 is 0 Å². The Morgan fingerprint density at radius 3 is 2.29 bits per heavy atom. The zero-order valence-electron chi connectivity index (χ0n) is 12.5. The molecule has 0 bridgehead atoms. The van der Waals surface area contributed by atoms with Crippen LogP contribution in [0.3, 0.4) is 0 Å². The van der Waals surface area contributed by atoms with Gasteiger partial charge in [-0.2, -0.15) is 0 Å². The Morgan fingerprint density at radius 1 is 1.05 bits per heavy atom. The second kappa shape index (κ2) is 6.14. The smallest absolute Gasteiger partial charge is 0.161 e. The van der Waals surface area contributed by atoms with Crippen LogP contribution in [0.5, 0.6) is 11.5 Å². The third-order valence-electron chi connectivity index (χ3n) is 3.81. The van der Waals surface area contributed by atoms with Gasteiger partial charge in [-0.3, -0.25) is 0 Å². The van der Waals surface area contributed by atoms with E-state index in [1.807, 2.05) is 13.0 Å². The maximum absolute atomic E-state index is 14.1. The Bertz CT molecular complexity index is 630. The van der Waals surface area contributed by atoms with Crippen molar-refractivity contribution >= 4 is 0 Å². The quantitative estimate of drug-likeness (QED) is 0.917. The summed E-state index contributed by atoms with van der Waals surface area (Å²) in [7, 11) is 3.14. The number of nitrogens with two attached hydrogens (primary N) is 1. The number of hydrogen-bond donors (Lipinski definition) is 1. The molecule has 0 aromatic heterocycles. The van der Waals surface area contributed by atoms with Gasteiger partial charge in [0.2, 0.25) is 0 Å².